The molecule has 0 unspecified atom stereocenters. The van der Waals surface area contributed by atoms with E-state index < -0.39 is 0 Å². The first kappa shape index (κ1) is 13.4. The van der Waals surface area contributed by atoms with Gasteiger partial charge in [0.15, 0.2) is 5.78 Å². The van der Waals surface area contributed by atoms with Gasteiger partial charge in [0.05, 0.1) is 14.2 Å². The van der Waals surface area contributed by atoms with Crippen molar-refractivity contribution in [3.05, 3.63) is 35.9 Å². The SMILES string of the molecule is COc1cc2ccccc2c(OC)c1C(=O)C(C)C. The molecule has 3 heteroatoms. The summed E-state index contributed by atoms with van der Waals surface area (Å²) in [5, 5.41) is 1.92. The first-order valence-corrected chi connectivity index (χ1v) is 6.28. The van der Waals surface area contributed by atoms with E-state index >= 15 is 0 Å². The summed E-state index contributed by atoms with van der Waals surface area (Å²) in [4.78, 5) is 12.4. The predicted molar refractivity (Wildman–Crippen MR) is 76.2 cm³/mol. The number of benzene rings is 2. The second-order valence-corrected chi connectivity index (χ2v) is 4.73. The van der Waals surface area contributed by atoms with Gasteiger partial charge in [-0.15, -0.1) is 0 Å². The summed E-state index contributed by atoms with van der Waals surface area (Å²) < 4.78 is 10.8. The largest absolute Gasteiger partial charge is 0.496 e. The Morgan fingerprint density at radius 3 is 2.37 bits per heavy atom. The van der Waals surface area contributed by atoms with Gasteiger partial charge in [-0.3, -0.25) is 4.79 Å². The molecule has 0 heterocycles. The number of ketones is 1. The Morgan fingerprint density at radius 1 is 1.11 bits per heavy atom. The topological polar surface area (TPSA) is 35.5 Å². The maximum Gasteiger partial charge on any atom is 0.172 e. The van der Waals surface area contributed by atoms with Crippen LogP contribution in [0.1, 0.15) is 24.2 Å². The van der Waals surface area contributed by atoms with Gasteiger partial charge in [0.1, 0.15) is 17.1 Å². The predicted octanol–water partition coefficient (Wildman–Crippen LogP) is 3.70. The molecule has 0 radical (unpaired) electrons. The van der Waals surface area contributed by atoms with Gasteiger partial charge in [-0.1, -0.05) is 38.1 Å². The van der Waals surface area contributed by atoms with Gasteiger partial charge in [-0.25, -0.2) is 0 Å². The number of ether oxygens (including phenoxy) is 2. The van der Waals surface area contributed by atoms with Crippen LogP contribution in [0.4, 0.5) is 0 Å². The zero-order valence-electron chi connectivity index (χ0n) is 11.7. The van der Waals surface area contributed by atoms with Crippen molar-refractivity contribution in [2.24, 2.45) is 5.92 Å². The van der Waals surface area contributed by atoms with Crippen molar-refractivity contribution in [3.63, 3.8) is 0 Å². The molecule has 0 saturated heterocycles. The molecule has 2 aromatic carbocycles. The van der Waals surface area contributed by atoms with Crippen LogP contribution in [0.5, 0.6) is 11.5 Å². The van der Waals surface area contributed by atoms with Crippen LogP contribution in [-0.2, 0) is 0 Å². The molecule has 3 nitrogen and oxygen atoms in total. The Balaban J connectivity index is 2.82. The van der Waals surface area contributed by atoms with Crippen LogP contribution < -0.4 is 9.47 Å². The molecule has 0 fully saturated rings. The number of fused-ring (bicyclic) bond motifs is 1. The van der Waals surface area contributed by atoms with Crippen LogP contribution in [0.2, 0.25) is 0 Å². The number of Topliss-reactive ketones (excluding diaryl/α,β-unsaturated/α-hetero) is 1. The number of rotatable bonds is 4. The van der Waals surface area contributed by atoms with Crippen molar-refractivity contribution < 1.29 is 14.3 Å². The molecule has 0 N–H and O–H groups in total. The van der Waals surface area contributed by atoms with Crippen LogP contribution in [0.3, 0.4) is 0 Å². The highest BCUT2D eigenvalue weighted by Gasteiger charge is 2.23. The fourth-order valence-electron chi connectivity index (χ4n) is 2.18. The highest BCUT2D eigenvalue weighted by molar-refractivity contribution is 6.08. The molecule has 0 spiro atoms. The maximum absolute atomic E-state index is 12.4. The summed E-state index contributed by atoms with van der Waals surface area (Å²) in [5.74, 6) is 1.08. The Morgan fingerprint density at radius 2 is 1.79 bits per heavy atom. The Kier molecular flexibility index (Phi) is 3.74. The van der Waals surface area contributed by atoms with E-state index in [0.717, 1.165) is 10.8 Å². The summed E-state index contributed by atoms with van der Waals surface area (Å²) in [5.41, 5.74) is 0.527. The lowest BCUT2D eigenvalue weighted by molar-refractivity contribution is 0.0933. The van der Waals surface area contributed by atoms with Gasteiger partial charge in [-0.2, -0.15) is 0 Å². The van der Waals surface area contributed by atoms with Gasteiger partial charge in [0, 0.05) is 11.3 Å². The smallest absolute Gasteiger partial charge is 0.172 e. The van der Waals surface area contributed by atoms with Crippen molar-refractivity contribution >= 4 is 16.6 Å². The van der Waals surface area contributed by atoms with Gasteiger partial charge in [-0.05, 0) is 11.5 Å². The molecule has 0 saturated carbocycles. The number of hydrogen-bond acceptors (Lipinski definition) is 3. The summed E-state index contributed by atoms with van der Waals surface area (Å²) in [6, 6.07) is 9.69. The van der Waals surface area contributed by atoms with Crippen molar-refractivity contribution in [2.45, 2.75) is 13.8 Å². The third-order valence-corrected chi connectivity index (χ3v) is 3.16. The molecular weight excluding hydrogens is 240 g/mol. The minimum Gasteiger partial charge on any atom is -0.496 e. The van der Waals surface area contributed by atoms with Crippen molar-refractivity contribution in [2.75, 3.05) is 14.2 Å². The highest BCUT2D eigenvalue weighted by atomic mass is 16.5. The Bertz CT molecular complexity index is 615. The average molecular weight is 258 g/mol. The van der Waals surface area contributed by atoms with Crippen LogP contribution in [0.25, 0.3) is 10.8 Å². The van der Waals surface area contributed by atoms with E-state index in [1.165, 1.54) is 0 Å². The van der Waals surface area contributed by atoms with Crippen LogP contribution in [0.15, 0.2) is 30.3 Å². The molecular formula is C16H18O3. The van der Waals surface area contributed by atoms with E-state index in [1.54, 1.807) is 14.2 Å². The molecule has 100 valence electrons. The molecule has 0 amide bonds. The van der Waals surface area contributed by atoms with E-state index in [0.29, 0.717) is 17.1 Å². The highest BCUT2D eigenvalue weighted by Crippen LogP contribution is 2.38. The summed E-state index contributed by atoms with van der Waals surface area (Å²) in [6.45, 7) is 3.74. The van der Waals surface area contributed by atoms with E-state index in [4.69, 9.17) is 9.47 Å². The standard InChI is InChI=1S/C16H18O3/c1-10(2)15(17)14-13(18-3)9-11-7-5-6-8-12(11)16(14)19-4/h5-10H,1-4H3. The third-order valence-electron chi connectivity index (χ3n) is 3.16. The summed E-state index contributed by atoms with van der Waals surface area (Å²) >= 11 is 0. The van der Waals surface area contributed by atoms with Crippen molar-refractivity contribution in [1.82, 2.24) is 0 Å². The summed E-state index contributed by atoms with van der Waals surface area (Å²) in [6.07, 6.45) is 0. The van der Waals surface area contributed by atoms with Gasteiger partial charge >= 0.3 is 0 Å². The number of methoxy groups -OCH3 is 2. The monoisotopic (exact) mass is 258 g/mol. The second-order valence-electron chi connectivity index (χ2n) is 4.73. The lowest BCUT2D eigenvalue weighted by atomic mass is 9.95. The normalized spacial score (nSPS) is 10.8. The number of hydrogen-bond donors (Lipinski definition) is 0. The molecule has 0 aliphatic heterocycles. The van der Waals surface area contributed by atoms with E-state index in [9.17, 15) is 4.79 Å². The molecule has 0 aromatic heterocycles. The van der Waals surface area contributed by atoms with E-state index in [-0.39, 0.29) is 11.7 Å². The first-order chi connectivity index (χ1) is 9.10. The zero-order chi connectivity index (χ0) is 14.0. The van der Waals surface area contributed by atoms with Gasteiger partial charge < -0.3 is 9.47 Å². The zero-order valence-corrected chi connectivity index (χ0v) is 11.7. The average Bonchev–Trinajstić information content (AvgIpc) is 2.44. The van der Waals surface area contributed by atoms with Crippen LogP contribution in [-0.4, -0.2) is 20.0 Å². The number of carbonyl (C=O) groups is 1. The van der Waals surface area contributed by atoms with Crippen molar-refractivity contribution in [3.8, 4) is 11.5 Å². The Labute approximate surface area is 113 Å². The molecule has 2 rings (SSSR count). The third kappa shape index (κ3) is 2.28. The van der Waals surface area contributed by atoms with Gasteiger partial charge in [0.25, 0.3) is 0 Å². The molecule has 0 atom stereocenters. The van der Waals surface area contributed by atoms with Crippen LogP contribution >= 0.6 is 0 Å². The second kappa shape index (κ2) is 5.31. The fourth-order valence-corrected chi connectivity index (χ4v) is 2.18. The molecule has 0 aliphatic carbocycles. The van der Waals surface area contributed by atoms with Gasteiger partial charge in [0.2, 0.25) is 0 Å². The molecule has 0 bridgehead atoms. The lowest BCUT2D eigenvalue weighted by Crippen LogP contribution is -2.11. The quantitative estimate of drug-likeness (QED) is 0.784. The van der Waals surface area contributed by atoms with E-state index in [1.807, 2.05) is 44.2 Å². The minimum absolute atomic E-state index is 0.0273. The first-order valence-electron chi connectivity index (χ1n) is 6.28. The molecule has 0 aliphatic rings. The lowest BCUT2D eigenvalue weighted by Gasteiger charge is -2.16. The fraction of sp³-hybridized carbons (Fsp3) is 0.312. The molecule has 19 heavy (non-hydrogen) atoms. The molecule has 2 aromatic rings. The summed E-state index contributed by atoms with van der Waals surface area (Å²) in [7, 11) is 3.15. The number of carbonyl (C=O) groups excluding carboxylic acids is 1. The van der Waals surface area contributed by atoms with Crippen LogP contribution in [0, 0.1) is 5.92 Å². The van der Waals surface area contributed by atoms with E-state index in [2.05, 4.69) is 0 Å². The maximum atomic E-state index is 12.4. The Hall–Kier alpha value is -2.03. The minimum atomic E-state index is -0.107. The van der Waals surface area contributed by atoms with Crippen molar-refractivity contribution in [1.29, 1.82) is 0 Å².